The third-order valence-electron chi connectivity index (χ3n) is 5.73. The van der Waals surface area contributed by atoms with Gasteiger partial charge < -0.3 is 19.5 Å². The highest BCUT2D eigenvalue weighted by Crippen LogP contribution is 2.51. The van der Waals surface area contributed by atoms with E-state index in [9.17, 15) is 4.57 Å². The first kappa shape index (κ1) is 29.0. The first-order valence-electron chi connectivity index (χ1n) is 11.6. The van der Waals surface area contributed by atoms with Crippen LogP contribution in [-0.2, 0) is 32.3 Å². The van der Waals surface area contributed by atoms with Crippen LogP contribution in [0.25, 0.3) is 0 Å². The summed E-state index contributed by atoms with van der Waals surface area (Å²) in [7, 11) is 1.13. The van der Waals surface area contributed by atoms with Gasteiger partial charge in [-0.2, -0.15) is 0 Å². The van der Waals surface area contributed by atoms with Crippen molar-refractivity contribution in [1.82, 2.24) is 5.32 Å². The molecule has 0 amide bonds. The van der Waals surface area contributed by atoms with E-state index in [4.69, 9.17) is 27.8 Å². The first-order valence-corrected chi connectivity index (χ1v) is 13.1. The van der Waals surface area contributed by atoms with E-state index in [1.54, 1.807) is 14.0 Å². The van der Waals surface area contributed by atoms with Crippen LogP contribution in [0.1, 0.15) is 54.4 Å². The molecule has 0 aromatic heterocycles. The molecule has 0 aromatic rings. The summed E-state index contributed by atoms with van der Waals surface area (Å²) < 4.78 is 46.6. The third-order valence-corrected chi connectivity index (χ3v) is 7.25. The Morgan fingerprint density at radius 1 is 1.13 bits per heavy atom. The number of phosphoric ester groups is 1. The monoisotopic (exact) mass is 465 g/mol. The smallest absolute Gasteiger partial charge is 0.382 e. The highest BCUT2D eigenvalue weighted by Gasteiger charge is 2.48. The van der Waals surface area contributed by atoms with Crippen LogP contribution in [0, 0.1) is 11.8 Å². The second-order valence-corrected chi connectivity index (χ2v) is 10.6. The molecular formula is C21H45BNO7P. The maximum Gasteiger partial charge on any atom is 0.474 e. The second-order valence-electron chi connectivity index (χ2n) is 8.87. The van der Waals surface area contributed by atoms with E-state index in [-0.39, 0.29) is 18.7 Å². The van der Waals surface area contributed by atoms with Crippen molar-refractivity contribution in [3.8, 4) is 0 Å². The van der Waals surface area contributed by atoms with Gasteiger partial charge in [-0.25, -0.2) is 4.57 Å². The van der Waals surface area contributed by atoms with Gasteiger partial charge in [-0.3, -0.25) is 13.6 Å². The van der Waals surface area contributed by atoms with Gasteiger partial charge in [0.15, 0.2) is 0 Å². The minimum absolute atomic E-state index is 0.0200. The standard InChI is InChI=1S/C21H45BNO7P/c1-9-17(14(3)4)23-12-15(5)11-16(6)28-20-19(18(13-25-7)29-21(20)22)30-31(24,26-8)27-10-2/h14-21,23H,9-13,22H2,1-8H3/t15?,16?,17-,18+,19?,20?,21+,31?/m0/s1. The fraction of sp³-hybridized carbons (Fsp3) is 1.00. The van der Waals surface area contributed by atoms with Crippen LogP contribution in [0.4, 0.5) is 0 Å². The summed E-state index contributed by atoms with van der Waals surface area (Å²) in [5.74, 6) is 1.06. The molecule has 10 heteroatoms. The molecule has 1 saturated heterocycles. The molecule has 8 atom stereocenters. The lowest BCUT2D eigenvalue weighted by Gasteiger charge is -2.30. The Morgan fingerprint density at radius 2 is 1.81 bits per heavy atom. The van der Waals surface area contributed by atoms with Crippen molar-refractivity contribution in [1.29, 1.82) is 0 Å². The maximum atomic E-state index is 12.8. The van der Waals surface area contributed by atoms with E-state index in [1.165, 1.54) is 7.11 Å². The molecule has 1 N–H and O–H groups in total. The molecule has 184 valence electrons. The molecule has 1 aliphatic rings. The van der Waals surface area contributed by atoms with E-state index in [0.29, 0.717) is 24.5 Å². The van der Waals surface area contributed by atoms with Crippen molar-refractivity contribution in [3.63, 3.8) is 0 Å². The molecule has 31 heavy (non-hydrogen) atoms. The predicted molar refractivity (Wildman–Crippen MR) is 125 cm³/mol. The van der Waals surface area contributed by atoms with Crippen molar-refractivity contribution in [2.24, 2.45) is 11.8 Å². The Labute approximate surface area is 190 Å². The van der Waals surface area contributed by atoms with Gasteiger partial charge in [-0.1, -0.05) is 27.7 Å². The summed E-state index contributed by atoms with van der Waals surface area (Å²) >= 11 is 0. The Balaban J connectivity index is 2.76. The molecule has 1 rings (SSSR count). The Kier molecular flexibility index (Phi) is 13.4. The van der Waals surface area contributed by atoms with Crippen molar-refractivity contribution >= 4 is 15.7 Å². The minimum atomic E-state index is -3.71. The van der Waals surface area contributed by atoms with Gasteiger partial charge in [0, 0.05) is 20.3 Å². The van der Waals surface area contributed by atoms with E-state index in [2.05, 4.69) is 39.9 Å². The molecular weight excluding hydrogens is 420 g/mol. The van der Waals surface area contributed by atoms with Crippen LogP contribution in [0.15, 0.2) is 0 Å². The molecule has 0 saturated carbocycles. The molecule has 0 bridgehead atoms. The highest BCUT2D eigenvalue weighted by molar-refractivity contribution is 7.48. The summed E-state index contributed by atoms with van der Waals surface area (Å²) in [6.45, 7) is 14.2. The highest BCUT2D eigenvalue weighted by atomic mass is 31.2. The number of hydrogen-bond donors (Lipinski definition) is 1. The normalized spacial score (nSPS) is 29.1. The van der Waals surface area contributed by atoms with Crippen molar-refractivity contribution in [2.45, 2.75) is 90.8 Å². The number of rotatable bonds is 16. The maximum absolute atomic E-state index is 12.8. The Morgan fingerprint density at radius 3 is 2.32 bits per heavy atom. The van der Waals surface area contributed by atoms with Crippen LogP contribution in [-0.4, -0.2) is 78.3 Å². The molecule has 0 radical (unpaired) electrons. The number of methoxy groups -OCH3 is 1. The molecule has 0 aliphatic carbocycles. The van der Waals surface area contributed by atoms with Crippen LogP contribution in [0.5, 0.6) is 0 Å². The van der Waals surface area contributed by atoms with Crippen LogP contribution in [0.2, 0.25) is 0 Å². The van der Waals surface area contributed by atoms with Gasteiger partial charge in [0.25, 0.3) is 0 Å². The largest absolute Gasteiger partial charge is 0.474 e. The molecule has 5 unspecified atom stereocenters. The lowest BCUT2D eigenvalue weighted by atomic mass is 9.92. The zero-order valence-corrected chi connectivity index (χ0v) is 21.9. The molecule has 1 aliphatic heterocycles. The summed E-state index contributed by atoms with van der Waals surface area (Å²) in [6.07, 6.45) is 0.545. The average Bonchev–Trinajstić information content (AvgIpc) is 2.97. The topological polar surface area (TPSA) is 84.5 Å². The van der Waals surface area contributed by atoms with Crippen molar-refractivity contribution in [3.05, 3.63) is 0 Å². The number of nitrogens with one attached hydrogen (secondary N) is 1. The van der Waals surface area contributed by atoms with Crippen LogP contribution in [0.3, 0.4) is 0 Å². The van der Waals surface area contributed by atoms with E-state index in [0.717, 1.165) is 19.4 Å². The van der Waals surface area contributed by atoms with Gasteiger partial charge in [0.2, 0.25) is 0 Å². The second kappa shape index (κ2) is 14.3. The van der Waals surface area contributed by atoms with Crippen molar-refractivity contribution < 1.29 is 32.3 Å². The van der Waals surface area contributed by atoms with Gasteiger partial charge in [0.05, 0.1) is 25.3 Å². The third kappa shape index (κ3) is 9.42. The summed E-state index contributed by atoms with van der Waals surface area (Å²) in [6, 6.07) is 0.287. The van der Waals surface area contributed by atoms with Crippen LogP contribution < -0.4 is 5.32 Å². The van der Waals surface area contributed by atoms with Gasteiger partial charge in [0.1, 0.15) is 26.2 Å². The van der Waals surface area contributed by atoms with E-state index in [1.807, 2.05) is 7.85 Å². The zero-order valence-electron chi connectivity index (χ0n) is 21.0. The number of ether oxygens (including phenoxy) is 3. The van der Waals surface area contributed by atoms with Gasteiger partial charge in [-0.15, -0.1) is 0 Å². The summed E-state index contributed by atoms with van der Waals surface area (Å²) in [4.78, 5) is 0. The minimum Gasteiger partial charge on any atom is -0.382 e. The lowest BCUT2D eigenvalue weighted by Crippen LogP contribution is -2.41. The SMILES string of the molecule is B[C@@H]1O[C@H](COC)C(OP(=O)(OC)OCC)C1OC(C)CC(C)CN[C@@H](CC)C(C)C. The molecule has 1 fully saturated rings. The van der Waals surface area contributed by atoms with Crippen LogP contribution >= 0.6 is 7.82 Å². The Hall–Kier alpha value is 0.0149. The number of phosphoric acid groups is 1. The summed E-state index contributed by atoms with van der Waals surface area (Å²) in [5, 5.41) is 3.67. The predicted octanol–water partition coefficient (Wildman–Crippen LogP) is 2.99. The molecule has 0 aromatic carbocycles. The van der Waals surface area contributed by atoms with Crippen molar-refractivity contribution in [2.75, 3.05) is 34.0 Å². The fourth-order valence-corrected chi connectivity index (χ4v) is 5.26. The molecule has 0 spiro atoms. The van der Waals surface area contributed by atoms with E-state index < -0.39 is 26.1 Å². The Bertz CT molecular complexity index is 542. The van der Waals surface area contributed by atoms with E-state index >= 15 is 0 Å². The fourth-order valence-electron chi connectivity index (χ4n) is 4.13. The van der Waals surface area contributed by atoms with Gasteiger partial charge in [-0.05, 0) is 45.1 Å². The molecule has 8 nitrogen and oxygen atoms in total. The number of hydrogen-bond acceptors (Lipinski definition) is 8. The first-order chi connectivity index (χ1) is 14.6. The average molecular weight is 465 g/mol. The zero-order chi connectivity index (χ0) is 23.6. The van der Waals surface area contributed by atoms with Gasteiger partial charge >= 0.3 is 7.82 Å². The molecule has 1 heterocycles. The lowest BCUT2D eigenvalue weighted by molar-refractivity contribution is -0.0678. The summed E-state index contributed by atoms with van der Waals surface area (Å²) in [5.41, 5.74) is 0. The quantitative estimate of drug-likeness (QED) is 0.275.